The van der Waals surface area contributed by atoms with Gasteiger partial charge in [-0.2, -0.15) is 0 Å². The van der Waals surface area contributed by atoms with Gasteiger partial charge in [0.2, 0.25) is 0 Å². The monoisotopic (exact) mass is 249 g/mol. The molecule has 100 valence electrons. The molecule has 0 fully saturated rings. The second-order valence-corrected chi connectivity index (χ2v) is 5.13. The first kappa shape index (κ1) is 14.6. The molecule has 1 atom stereocenters. The van der Waals surface area contributed by atoms with E-state index in [1.807, 2.05) is 31.2 Å². The lowest BCUT2D eigenvalue weighted by Gasteiger charge is -2.15. The van der Waals surface area contributed by atoms with Crippen LogP contribution in [0.5, 0.6) is 0 Å². The molecule has 3 heteroatoms. The van der Waals surface area contributed by atoms with Crippen molar-refractivity contribution in [3.63, 3.8) is 0 Å². The highest BCUT2D eigenvalue weighted by Crippen LogP contribution is 2.14. The van der Waals surface area contributed by atoms with Crippen molar-refractivity contribution in [2.24, 2.45) is 5.92 Å². The highest BCUT2D eigenvalue weighted by atomic mass is 16.5. The van der Waals surface area contributed by atoms with Crippen LogP contribution in [0, 0.1) is 5.92 Å². The van der Waals surface area contributed by atoms with Gasteiger partial charge in [0.25, 0.3) is 0 Å². The first-order valence-corrected chi connectivity index (χ1v) is 6.52. The summed E-state index contributed by atoms with van der Waals surface area (Å²) in [5, 5.41) is 0. The van der Waals surface area contributed by atoms with Crippen molar-refractivity contribution in [3.05, 3.63) is 29.8 Å². The normalized spacial score (nSPS) is 12.4. The van der Waals surface area contributed by atoms with Gasteiger partial charge in [0.05, 0.1) is 6.10 Å². The highest BCUT2D eigenvalue weighted by molar-refractivity contribution is 5.70. The lowest BCUT2D eigenvalue weighted by Crippen LogP contribution is -2.17. The minimum atomic E-state index is -0.147. The fourth-order valence-electron chi connectivity index (χ4n) is 1.99. The van der Waals surface area contributed by atoms with E-state index in [2.05, 4.69) is 13.8 Å². The molecule has 0 saturated heterocycles. The third-order valence-electron chi connectivity index (χ3n) is 2.79. The van der Waals surface area contributed by atoms with Crippen LogP contribution in [0.2, 0.25) is 0 Å². The number of rotatable bonds is 6. The molecule has 1 unspecified atom stereocenters. The smallest absolute Gasteiger partial charge is 0.306 e. The van der Waals surface area contributed by atoms with Crippen molar-refractivity contribution in [1.82, 2.24) is 0 Å². The summed E-state index contributed by atoms with van der Waals surface area (Å²) in [7, 11) is 0. The Balaban J connectivity index is 2.35. The van der Waals surface area contributed by atoms with E-state index in [4.69, 9.17) is 10.5 Å². The average molecular weight is 249 g/mol. The Labute approximate surface area is 109 Å². The summed E-state index contributed by atoms with van der Waals surface area (Å²) in [5.41, 5.74) is 7.56. The second-order valence-electron chi connectivity index (χ2n) is 5.13. The zero-order valence-corrected chi connectivity index (χ0v) is 11.5. The van der Waals surface area contributed by atoms with Crippen LogP contribution in [0.25, 0.3) is 0 Å². The van der Waals surface area contributed by atoms with Gasteiger partial charge in [-0.15, -0.1) is 0 Å². The van der Waals surface area contributed by atoms with Crippen LogP contribution in [0.15, 0.2) is 24.3 Å². The fourth-order valence-corrected chi connectivity index (χ4v) is 1.99. The molecule has 0 spiro atoms. The van der Waals surface area contributed by atoms with E-state index >= 15 is 0 Å². The predicted octanol–water partition coefficient (Wildman–Crippen LogP) is 3.18. The lowest BCUT2D eigenvalue weighted by molar-refractivity contribution is -0.148. The van der Waals surface area contributed by atoms with Gasteiger partial charge in [0.15, 0.2) is 0 Å². The van der Waals surface area contributed by atoms with Gasteiger partial charge in [-0.25, -0.2) is 0 Å². The number of ether oxygens (including phenoxy) is 1. The molecule has 2 N–H and O–H groups in total. The van der Waals surface area contributed by atoms with Crippen LogP contribution >= 0.6 is 0 Å². The molecule has 0 aromatic heterocycles. The van der Waals surface area contributed by atoms with Gasteiger partial charge in [0, 0.05) is 12.1 Å². The van der Waals surface area contributed by atoms with Crippen LogP contribution in [0.1, 0.15) is 39.2 Å². The summed E-state index contributed by atoms with van der Waals surface area (Å²) >= 11 is 0. The Hall–Kier alpha value is -1.51. The van der Waals surface area contributed by atoms with Crippen molar-refractivity contribution in [2.45, 2.75) is 46.1 Å². The molecular weight excluding hydrogens is 226 g/mol. The fraction of sp³-hybridized carbons (Fsp3) is 0.533. The molecular formula is C15H23NO2. The summed E-state index contributed by atoms with van der Waals surface area (Å²) in [6.45, 7) is 6.18. The largest absolute Gasteiger partial charge is 0.463 e. The number of anilines is 1. The number of carbonyl (C=O) groups is 1. The molecule has 0 heterocycles. The first-order chi connectivity index (χ1) is 8.49. The molecule has 0 amide bonds. The van der Waals surface area contributed by atoms with E-state index in [1.165, 1.54) is 0 Å². The Kier molecular flexibility index (Phi) is 5.69. The number of hydrogen-bond acceptors (Lipinski definition) is 3. The van der Waals surface area contributed by atoms with Crippen LogP contribution in [-0.4, -0.2) is 12.1 Å². The number of carbonyl (C=O) groups excluding carboxylic acids is 1. The molecule has 0 aliphatic heterocycles. The maximum absolute atomic E-state index is 11.7. The van der Waals surface area contributed by atoms with Gasteiger partial charge < -0.3 is 10.5 Å². The number of aryl methyl sites for hydroxylation is 1. The predicted molar refractivity (Wildman–Crippen MR) is 74.2 cm³/mol. The molecule has 0 saturated carbocycles. The standard InChI is InChI=1S/C15H23NO2/c1-11(2)10-12(3)18-15(17)9-8-13-6-4-5-7-14(13)16/h4-7,11-12H,8-10,16H2,1-3H3. The molecule has 1 aromatic carbocycles. The van der Waals surface area contributed by atoms with Crippen molar-refractivity contribution < 1.29 is 9.53 Å². The van der Waals surface area contributed by atoms with Crippen LogP contribution in [0.3, 0.4) is 0 Å². The Morgan fingerprint density at radius 1 is 1.28 bits per heavy atom. The number of esters is 1. The van der Waals surface area contributed by atoms with E-state index in [1.54, 1.807) is 0 Å². The molecule has 0 aliphatic carbocycles. The minimum Gasteiger partial charge on any atom is -0.463 e. The van der Waals surface area contributed by atoms with Crippen molar-refractivity contribution in [1.29, 1.82) is 0 Å². The molecule has 18 heavy (non-hydrogen) atoms. The first-order valence-electron chi connectivity index (χ1n) is 6.52. The van der Waals surface area contributed by atoms with Gasteiger partial charge >= 0.3 is 5.97 Å². The van der Waals surface area contributed by atoms with Crippen molar-refractivity contribution >= 4 is 11.7 Å². The highest BCUT2D eigenvalue weighted by Gasteiger charge is 2.11. The quantitative estimate of drug-likeness (QED) is 0.622. The molecule has 0 bridgehead atoms. The Morgan fingerprint density at radius 3 is 2.56 bits per heavy atom. The summed E-state index contributed by atoms with van der Waals surface area (Å²) in [6, 6.07) is 7.61. The third kappa shape index (κ3) is 5.21. The number of hydrogen-bond donors (Lipinski definition) is 1. The summed E-state index contributed by atoms with van der Waals surface area (Å²) in [4.78, 5) is 11.7. The molecule has 0 radical (unpaired) electrons. The average Bonchev–Trinajstić information content (AvgIpc) is 2.26. The Morgan fingerprint density at radius 2 is 1.94 bits per heavy atom. The molecule has 1 rings (SSSR count). The van der Waals surface area contributed by atoms with E-state index in [0.717, 1.165) is 17.7 Å². The molecule has 1 aromatic rings. The lowest BCUT2D eigenvalue weighted by atomic mass is 10.1. The van der Waals surface area contributed by atoms with E-state index in [0.29, 0.717) is 18.8 Å². The SMILES string of the molecule is CC(C)CC(C)OC(=O)CCc1ccccc1N. The van der Waals surface area contributed by atoms with Gasteiger partial charge in [-0.1, -0.05) is 32.0 Å². The number of benzene rings is 1. The van der Waals surface area contributed by atoms with Gasteiger partial charge in [-0.05, 0) is 37.3 Å². The molecule has 0 aliphatic rings. The number of nitrogens with two attached hydrogens (primary N) is 1. The number of para-hydroxylation sites is 1. The summed E-state index contributed by atoms with van der Waals surface area (Å²) in [6.07, 6.45) is 1.92. The maximum Gasteiger partial charge on any atom is 0.306 e. The number of nitrogen functional groups attached to an aromatic ring is 1. The van der Waals surface area contributed by atoms with Crippen LogP contribution < -0.4 is 5.73 Å². The maximum atomic E-state index is 11.7. The van der Waals surface area contributed by atoms with Gasteiger partial charge in [-0.3, -0.25) is 4.79 Å². The van der Waals surface area contributed by atoms with E-state index in [-0.39, 0.29) is 12.1 Å². The van der Waals surface area contributed by atoms with Crippen molar-refractivity contribution in [2.75, 3.05) is 5.73 Å². The minimum absolute atomic E-state index is 0.00868. The topological polar surface area (TPSA) is 52.3 Å². The van der Waals surface area contributed by atoms with Crippen LogP contribution in [0.4, 0.5) is 5.69 Å². The van der Waals surface area contributed by atoms with E-state index < -0.39 is 0 Å². The van der Waals surface area contributed by atoms with E-state index in [9.17, 15) is 4.79 Å². The summed E-state index contributed by atoms with van der Waals surface area (Å²) < 4.78 is 5.34. The second kappa shape index (κ2) is 7.04. The zero-order valence-electron chi connectivity index (χ0n) is 11.5. The van der Waals surface area contributed by atoms with Crippen LogP contribution in [-0.2, 0) is 16.0 Å². The Bertz CT molecular complexity index is 388. The van der Waals surface area contributed by atoms with Gasteiger partial charge in [0.1, 0.15) is 0 Å². The van der Waals surface area contributed by atoms with Crippen molar-refractivity contribution in [3.8, 4) is 0 Å². The summed E-state index contributed by atoms with van der Waals surface area (Å²) in [5.74, 6) is 0.393. The third-order valence-corrected chi connectivity index (χ3v) is 2.79. The zero-order chi connectivity index (χ0) is 13.5. The molecule has 3 nitrogen and oxygen atoms in total.